The van der Waals surface area contributed by atoms with Gasteiger partial charge in [0.2, 0.25) is 0 Å². The van der Waals surface area contributed by atoms with Crippen molar-refractivity contribution >= 4 is 0 Å². The van der Waals surface area contributed by atoms with Gasteiger partial charge < -0.3 is 14.2 Å². The molecule has 0 spiro atoms. The van der Waals surface area contributed by atoms with E-state index in [4.69, 9.17) is 14.2 Å². The molecule has 0 saturated carbocycles. The van der Waals surface area contributed by atoms with E-state index in [1.54, 1.807) is 0 Å². The highest BCUT2D eigenvalue weighted by Crippen LogP contribution is 2.28. The van der Waals surface area contributed by atoms with Gasteiger partial charge in [0, 0.05) is 13.0 Å². The predicted octanol–water partition coefficient (Wildman–Crippen LogP) is 1.98. The van der Waals surface area contributed by atoms with Crippen molar-refractivity contribution in [1.82, 2.24) is 0 Å². The third kappa shape index (κ3) is 3.03. The van der Waals surface area contributed by atoms with Crippen LogP contribution in [0.3, 0.4) is 0 Å². The van der Waals surface area contributed by atoms with Gasteiger partial charge in [0.15, 0.2) is 6.29 Å². The summed E-state index contributed by atoms with van der Waals surface area (Å²) >= 11 is 0. The van der Waals surface area contributed by atoms with Crippen LogP contribution in [0.15, 0.2) is 12.2 Å². The van der Waals surface area contributed by atoms with Crippen LogP contribution in [-0.2, 0) is 14.2 Å². The molecule has 3 heteroatoms. The topological polar surface area (TPSA) is 27.7 Å². The van der Waals surface area contributed by atoms with E-state index in [-0.39, 0.29) is 6.29 Å². The normalized spacial score (nSPS) is 33.9. The number of hydrogen-bond acceptors (Lipinski definition) is 3. The second kappa shape index (κ2) is 5.64. The summed E-state index contributed by atoms with van der Waals surface area (Å²) < 4.78 is 16.5. The molecule has 86 valence electrons. The second-order valence-electron chi connectivity index (χ2n) is 4.22. The summed E-state index contributed by atoms with van der Waals surface area (Å²) in [6.45, 7) is 5.30. The minimum absolute atomic E-state index is 0.00413. The number of ether oxygens (including phenoxy) is 3. The van der Waals surface area contributed by atoms with Gasteiger partial charge in [0.05, 0.1) is 19.8 Å². The molecule has 2 rings (SSSR count). The molecule has 0 amide bonds. The number of allylic oxidation sites excluding steroid dienone is 2. The van der Waals surface area contributed by atoms with E-state index in [1.165, 1.54) is 0 Å². The van der Waals surface area contributed by atoms with Crippen LogP contribution in [0.4, 0.5) is 0 Å². The first kappa shape index (κ1) is 11.1. The SMILES string of the molecule is C/C=C\[C@@H]1CCOC[C@H]1CC1OCCO1. The maximum Gasteiger partial charge on any atom is 0.158 e. The van der Waals surface area contributed by atoms with Crippen LogP contribution < -0.4 is 0 Å². The lowest BCUT2D eigenvalue weighted by Gasteiger charge is -2.30. The van der Waals surface area contributed by atoms with Gasteiger partial charge in [-0.3, -0.25) is 0 Å². The first-order valence-corrected chi connectivity index (χ1v) is 5.84. The molecule has 2 atom stereocenters. The van der Waals surface area contributed by atoms with Crippen molar-refractivity contribution in [3.8, 4) is 0 Å². The molecule has 0 radical (unpaired) electrons. The Balaban J connectivity index is 1.86. The molecule has 0 aromatic heterocycles. The summed E-state index contributed by atoms with van der Waals surface area (Å²) in [4.78, 5) is 0. The summed E-state index contributed by atoms with van der Waals surface area (Å²) in [5.41, 5.74) is 0. The zero-order valence-corrected chi connectivity index (χ0v) is 9.35. The van der Waals surface area contributed by atoms with Gasteiger partial charge in [0.25, 0.3) is 0 Å². The van der Waals surface area contributed by atoms with E-state index < -0.39 is 0 Å². The second-order valence-corrected chi connectivity index (χ2v) is 4.22. The van der Waals surface area contributed by atoms with Crippen LogP contribution in [0.1, 0.15) is 19.8 Å². The molecule has 2 aliphatic heterocycles. The van der Waals surface area contributed by atoms with Crippen molar-refractivity contribution in [3.05, 3.63) is 12.2 Å². The highest BCUT2D eigenvalue weighted by Gasteiger charge is 2.28. The molecule has 0 unspecified atom stereocenters. The minimum Gasteiger partial charge on any atom is -0.381 e. The van der Waals surface area contributed by atoms with Crippen LogP contribution in [0.2, 0.25) is 0 Å². The molecule has 0 N–H and O–H groups in total. The molecular weight excluding hydrogens is 192 g/mol. The lowest BCUT2D eigenvalue weighted by Crippen LogP contribution is -2.29. The van der Waals surface area contributed by atoms with Crippen molar-refractivity contribution < 1.29 is 14.2 Å². The van der Waals surface area contributed by atoms with E-state index >= 15 is 0 Å². The van der Waals surface area contributed by atoms with Crippen molar-refractivity contribution in [3.63, 3.8) is 0 Å². The van der Waals surface area contributed by atoms with Gasteiger partial charge in [-0.25, -0.2) is 0 Å². The quantitative estimate of drug-likeness (QED) is 0.669. The van der Waals surface area contributed by atoms with Gasteiger partial charge >= 0.3 is 0 Å². The summed E-state index contributed by atoms with van der Waals surface area (Å²) in [6, 6.07) is 0. The third-order valence-corrected chi connectivity index (χ3v) is 3.16. The Morgan fingerprint density at radius 1 is 1.20 bits per heavy atom. The molecule has 2 fully saturated rings. The van der Waals surface area contributed by atoms with Crippen LogP contribution in [0.5, 0.6) is 0 Å². The molecule has 2 saturated heterocycles. The van der Waals surface area contributed by atoms with Crippen molar-refractivity contribution in [2.75, 3.05) is 26.4 Å². The highest BCUT2D eigenvalue weighted by atomic mass is 16.7. The predicted molar refractivity (Wildman–Crippen MR) is 57.5 cm³/mol. The van der Waals surface area contributed by atoms with E-state index in [0.717, 1.165) is 39.3 Å². The Hall–Kier alpha value is -0.380. The molecule has 0 aromatic carbocycles. The Kier molecular flexibility index (Phi) is 4.18. The summed E-state index contributed by atoms with van der Waals surface area (Å²) in [7, 11) is 0. The van der Waals surface area contributed by atoms with Crippen LogP contribution in [0.25, 0.3) is 0 Å². The van der Waals surface area contributed by atoms with Crippen LogP contribution >= 0.6 is 0 Å². The Bertz CT molecular complexity index is 209. The lowest BCUT2D eigenvalue weighted by molar-refractivity contribution is -0.0791. The van der Waals surface area contributed by atoms with E-state index in [0.29, 0.717) is 11.8 Å². The molecule has 2 aliphatic rings. The van der Waals surface area contributed by atoms with Gasteiger partial charge in [-0.2, -0.15) is 0 Å². The maximum atomic E-state index is 5.52. The smallest absolute Gasteiger partial charge is 0.158 e. The highest BCUT2D eigenvalue weighted by molar-refractivity contribution is 4.91. The fourth-order valence-corrected chi connectivity index (χ4v) is 2.35. The maximum absolute atomic E-state index is 5.52. The largest absolute Gasteiger partial charge is 0.381 e. The summed E-state index contributed by atoms with van der Waals surface area (Å²) in [6.07, 6.45) is 6.53. The Morgan fingerprint density at radius 2 is 2.00 bits per heavy atom. The Morgan fingerprint density at radius 3 is 2.73 bits per heavy atom. The molecule has 15 heavy (non-hydrogen) atoms. The van der Waals surface area contributed by atoms with Crippen LogP contribution in [-0.4, -0.2) is 32.7 Å². The van der Waals surface area contributed by atoms with E-state index in [2.05, 4.69) is 19.1 Å². The van der Waals surface area contributed by atoms with E-state index in [9.17, 15) is 0 Å². The summed E-state index contributed by atoms with van der Waals surface area (Å²) in [5, 5.41) is 0. The fraction of sp³-hybridized carbons (Fsp3) is 0.833. The zero-order valence-electron chi connectivity index (χ0n) is 9.35. The Labute approximate surface area is 91.4 Å². The monoisotopic (exact) mass is 212 g/mol. The lowest BCUT2D eigenvalue weighted by atomic mass is 9.85. The zero-order chi connectivity index (χ0) is 10.5. The third-order valence-electron chi connectivity index (χ3n) is 3.16. The standard InChI is InChI=1S/C12H20O3/c1-2-3-10-4-5-13-9-11(10)8-12-14-6-7-15-12/h2-3,10-12H,4-9H2,1H3/b3-2-/t10-,11-/m1/s1. The molecule has 0 aromatic rings. The van der Waals surface area contributed by atoms with Crippen molar-refractivity contribution in [2.24, 2.45) is 11.8 Å². The fourth-order valence-electron chi connectivity index (χ4n) is 2.35. The first-order valence-electron chi connectivity index (χ1n) is 5.84. The van der Waals surface area contributed by atoms with Gasteiger partial charge in [-0.1, -0.05) is 12.2 Å². The molecule has 0 bridgehead atoms. The molecular formula is C12H20O3. The van der Waals surface area contributed by atoms with Crippen LogP contribution in [0, 0.1) is 11.8 Å². The number of rotatable bonds is 3. The van der Waals surface area contributed by atoms with E-state index in [1.807, 2.05) is 0 Å². The average Bonchev–Trinajstić information content (AvgIpc) is 2.74. The first-order chi connectivity index (χ1) is 7.40. The average molecular weight is 212 g/mol. The number of hydrogen-bond donors (Lipinski definition) is 0. The molecule has 0 aliphatic carbocycles. The van der Waals surface area contributed by atoms with Gasteiger partial charge in [0.1, 0.15) is 0 Å². The van der Waals surface area contributed by atoms with Crippen molar-refractivity contribution in [1.29, 1.82) is 0 Å². The minimum atomic E-state index is 0.00413. The van der Waals surface area contributed by atoms with Gasteiger partial charge in [-0.05, 0) is 25.2 Å². The van der Waals surface area contributed by atoms with Crippen molar-refractivity contribution in [2.45, 2.75) is 26.1 Å². The molecule has 3 nitrogen and oxygen atoms in total. The molecule has 2 heterocycles. The van der Waals surface area contributed by atoms with Gasteiger partial charge in [-0.15, -0.1) is 0 Å². The summed E-state index contributed by atoms with van der Waals surface area (Å²) in [5.74, 6) is 1.19.